The molecule has 0 bridgehead atoms. The fourth-order valence-electron chi connectivity index (χ4n) is 5.84. The molecule has 0 radical (unpaired) electrons. The van der Waals surface area contributed by atoms with E-state index in [1.54, 1.807) is 12.1 Å². The zero-order valence-corrected chi connectivity index (χ0v) is 23.0. The third-order valence-electron chi connectivity index (χ3n) is 7.79. The van der Waals surface area contributed by atoms with Gasteiger partial charge in [-0.3, -0.25) is 0 Å². The van der Waals surface area contributed by atoms with Gasteiger partial charge >= 0.3 is 0 Å². The second-order valence-corrected chi connectivity index (χ2v) is 10.1. The zero-order valence-electron chi connectivity index (χ0n) is 23.0. The first-order chi connectivity index (χ1) is 22.2. The number of nitriles is 6. The Labute approximate surface area is 258 Å². The van der Waals surface area contributed by atoms with Gasteiger partial charge in [0, 0.05) is 22.3 Å². The smallest absolute Gasteiger partial charge is 0.144 e. The van der Waals surface area contributed by atoms with Gasteiger partial charge in [-0.2, -0.15) is 31.6 Å². The van der Waals surface area contributed by atoms with Gasteiger partial charge in [-0.05, 0) is 80.9 Å². The van der Waals surface area contributed by atoms with Gasteiger partial charge in [-0.15, -0.1) is 0 Å². The van der Waals surface area contributed by atoms with E-state index in [0.717, 1.165) is 24.3 Å². The molecule has 0 atom stereocenters. The first-order valence-electron chi connectivity index (χ1n) is 13.1. The fraction of sp³-hybridized carbons (Fsp3) is 0. The summed E-state index contributed by atoms with van der Waals surface area (Å²) < 4.78 is 58.0. The van der Waals surface area contributed by atoms with Crippen LogP contribution in [0.3, 0.4) is 0 Å². The summed E-state index contributed by atoms with van der Waals surface area (Å²) in [4.78, 5) is 0. The minimum absolute atomic E-state index is 0.0797. The van der Waals surface area contributed by atoms with Crippen molar-refractivity contribution in [1.29, 1.82) is 31.6 Å². The van der Waals surface area contributed by atoms with Crippen LogP contribution in [0, 0.1) is 91.3 Å². The Morgan fingerprint density at radius 1 is 0.413 bits per heavy atom. The molecule has 0 spiro atoms. The standard InChI is InChI=1S/C36H10F4N6/c37-29-7-19(8-30(38)27(29)15-45)17-1-3-23-25(5-17)33(21(11-41)12-42)36-24-4-2-18(20-9-31(39)28(16-46)32(40)10-20)6-26(24)34(35(23)36)22(13-43)14-44/h1-10H. The Balaban J connectivity index is 1.62. The molecule has 212 valence electrons. The molecule has 0 N–H and O–H groups in total. The summed E-state index contributed by atoms with van der Waals surface area (Å²) in [6, 6.07) is 23.6. The van der Waals surface area contributed by atoms with Crippen molar-refractivity contribution in [1.82, 2.24) is 0 Å². The molecule has 0 saturated heterocycles. The lowest BCUT2D eigenvalue weighted by Crippen LogP contribution is -1.98. The Kier molecular flexibility index (Phi) is 6.77. The van der Waals surface area contributed by atoms with Crippen LogP contribution in [-0.4, -0.2) is 0 Å². The maximum atomic E-state index is 14.5. The number of benzene rings is 4. The van der Waals surface area contributed by atoms with Crippen LogP contribution in [0.1, 0.15) is 33.4 Å². The Hall–Kier alpha value is -7.24. The van der Waals surface area contributed by atoms with Crippen molar-refractivity contribution in [3.05, 3.63) is 128 Å². The quantitative estimate of drug-likeness (QED) is 0.169. The van der Waals surface area contributed by atoms with E-state index < -0.39 is 34.4 Å². The maximum absolute atomic E-state index is 14.5. The molecule has 6 rings (SSSR count). The lowest BCUT2D eigenvalue weighted by atomic mass is 9.87. The Morgan fingerprint density at radius 2 is 0.739 bits per heavy atom. The van der Waals surface area contributed by atoms with E-state index in [1.165, 1.54) is 36.4 Å². The Bertz CT molecular complexity index is 2230. The lowest BCUT2D eigenvalue weighted by molar-refractivity contribution is 0.577. The molecule has 10 heteroatoms. The number of hydrogen-bond acceptors (Lipinski definition) is 6. The van der Waals surface area contributed by atoms with Gasteiger partial charge in [0.05, 0.1) is 0 Å². The van der Waals surface area contributed by atoms with Crippen molar-refractivity contribution >= 4 is 22.3 Å². The largest absolute Gasteiger partial charge is 0.205 e. The third-order valence-corrected chi connectivity index (χ3v) is 7.79. The molecule has 2 aliphatic carbocycles. The van der Waals surface area contributed by atoms with Crippen molar-refractivity contribution < 1.29 is 17.6 Å². The van der Waals surface area contributed by atoms with E-state index >= 15 is 0 Å². The minimum atomic E-state index is -1.08. The highest BCUT2D eigenvalue weighted by molar-refractivity contribution is 6.38. The van der Waals surface area contributed by atoms with Crippen LogP contribution in [0.5, 0.6) is 0 Å². The van der Waals surface area contributed by atoms with E-state index in [0.29, 0.717) is 44.5 Å². The van der Waals surface area contributed by atoms with Gasteiger partial charge in [0.25, 0.3) is 0 Å². The van der Waals surface area contributed by atoms with Gasteiger partial charge in [0.15, 0.2) is 0 Å². The predicted octanol–water partition coefficient (Wildman–Crippen LogP) is 7.86. The van der Waals surface area contributed by atoms with Gasteiger partial charge < -0.3 is 0 Å². The molecule has 0 heterocycles. The maximum Gasteiger partial charge on any atom is 0.144 e. The minimum Gasteiger partial charge on any atom is -0.205 e. The summed E-state index contributed by atoms with van der Waals surface area (Å²) >= 11 is 0. The molecular weight excluding hydrogens is 592 g/mol. The summed E-state index contributed by atoms with van der Waals surface area (Å²) in [6.45, 7) is 0. The highest BCUT2D eigenvalue weighted by Crippen LogP contribution is 2.59. The molecular formula is C36H10F4N6. The van der Waals surface area contributed by atoms with Gasteiger partial charge in [-0.1, -0.05) is 24.3 Å². The zero-order chi connectivity index (χ0) is 32.9. The molecule has 4 aromatic rings. The van der Waals surface area contributed by atoms with Crippen molar-refractivity contribution in [2.45, 2.75) is 0 Å². The van der Waals surface area contributed by atoms with E-state index in [-0.39, 0.29) is 33.4 Å². The summed E-state index contributed by atoms with van der Waals surface area (Å²) in [5.74, 6) is -4.30. The van der Waals surface area contributed by atoms with Crippen LogP contribution < -0.4 is 0 Å². The van der Waals surface area contributed by atoms with Crippen molar-refractivity contribution in [3.8, 4) is 58.7 Å². The molecule has 0 amide bonds. The number of fused-ring (bicyclic) bond motifs is 4. The summed E-state index contributed by atoms with van der Waals surface area (Å²) in [5, 5.41) is 57.9. The molecule has 0 saturated carbocycles. The molecule has 0 unspecified atom stereocenters. The van der Waals surface area contributed by atoms with Crippen LogP contribution >= 0.6 is 0 Å². The molecule has 4 aromatic carbocycles. The lowest BCUT2D eigenvalue weighted by Gasteiger charge is -2.15. The predicted molar refractivity (Wildman–Crippen MR) is 156 cm³/mol. The number of halogens is 4. The summed E-state index contributed by atoms with van der Waals surface area (Å²) in [6.07, 6.45) is 0. The van der Waals surface area contributed by atoms with Crippen LogP contribution in [-0.2, 0) is 0 Å². The molecule has 6 nitrogen and oxygen atoms in total. The van der Waals surface area contributed by atoms with E-state index in [4.69, 9.17) is 10.5 Å². The van der Waals surface area contributed by atoms with E-state index in [9.17, 15) is 38.6 Å². The number of allylic oxidation sites excluding steroid dienone is 6. The highest BCUT2D eigenvalue weighted by atomic mass is 19.1. The van der Waals surface area contributed by atoms with Crippen molar-refractivity contribution in [3.63, 3.8) is 0 Å². The molecule has 0 fully saturated rings. The molecule has 0 aliphatic heterocycles. The topological polar surface area (TPSA) is 143 Å². The van der Waals surface area contributed by atoms with Crippen LogP contribution in [0.15, 0.2) is 71.8 Å². The molecule has 46 heavy (non-hydrogen) atoms. The van der Waals surface area contributed by atoms with Crippen molar-refractivity contribution in [2.24, 2.45) is 0 Å². The third kappa shape index (κ3) is 4.12. The van der Waals surface area contributed by atoms with Crippen LogP contribution in [0.2, 0.25) is 0 Å². The number of nitrogens with zero attached hydrogens (tertiary/aromatic N) is 6. The molecule has 2 aliphatic rings. The average molecular weight is 603 g/mol. The normalized spacial score (nSPS) is 12.0. The van der Waals surface area contributed by atoms with Crippen LogP contribution in [0.25, 0.3) is 44.5 Å². The van der Waals surface area contributed by atoms with E-state index in [2.05, 4.69) is 0 Å². The summed E-state index contributed by atoms with van der Waals surface area (Å²) in [7, 11) is 0. The average Bonchev–Trinajstić information content (AvgIpc) is 3.54. The van der Waals surface area contributed by atoms with Crippen LogP contribution in [0.4, 0.5) is 17.6 Å². The first-order valence-corrected chi connectivity index (χ1v) is 13.1. The second kappa shape index (κ2) is 10.8. The van der Waals surface area contributed by atoms with Gasteiger partial charge in [0.1, 0.15) is 82.0 Å². The number of hydrogen-bond donors (Lipinski definition) is 0. The Morgan fingerprint density at radius 3 is 1.02 bits per heavy atom. The van der Waals surface area contributed by atoms with Crippen molar-refractivity contribution in [2.75, 3.05) is 0 Å². The highest BCUT2D eigenvalue weighted by Gasteiger charge is 2.40. The number of rotatable bonds is 2. The first kappa shape index (κ1) is 28.9. The fourth-order valence-corrected chi connectivity index (χ4v) is 5.84. The van der Waals surface area contributed by atoms with E-state index in [1.807, 2.05) is 24.3 Å². The van der Waals surface area contributed by atoms with Gasteiger partial charge in [-0.25, -0.2) is 17.6 Å². The second-order valence-electron chi connectivity index (χ2n) is 10.1. The SMILES string of the molecule is N#CC(C#N)=C1C2=C(C(=C(C#N)C#N)c3cc(-c4cc(F)c(C#N)c(F)c4)ccc32)c2ccc(-c3cc(F)c(C#N)c(F)c3)cc21. The monoisotopic (exact) mass is 602 g/mol. The molecule has 0 aromatic heterocycles. The van der Waals surface area contributed by atoms with Gasteiger partial charge in [0.2, 0.25) is 0 Å². The summed E-state index contributed by atoms with van der Waals surface area (Å²) in [5.41, 5.74) is 1.09.